The Balaban J connectivity index is 1.63. The number of rotatable bonds is 8. The number of benzene rings is 2. The number of carbonyl (C=O) groups is 4. The highest BCUT2D eigenvalue weighted by Crippen LogP contribution is 2.23. The third-order valence-corrected chi connectivity index (χ3v) is 5.43. The first-order valence-electron chi connectivity index (χ1n) is 10.6. The molecule has 1 atom stereocenters. The lowest BCUT2D eigenvalue weighted by atomic mass is 10.1. The van der Waals surface area contributed by atoms with E-state index in [-0.39, 0.29) is 18.7 Å². The van der Waals surface area contributed by atoms with E-state index in [2.05, 4.69) is 16.0 Å². The molecule has 5 amide bonds. The van der Waals surface area contributed by atoms with Gasteiger partial charge in [-0.25, -0.2) is 4.79 Å². The number of hydrogen-bond acceptors (Lipinski definition) is 4. The van der Waals surface area contributed by atoms with Gasteiger partial charge in [0.2, 0.25) is 17.7 Å². The molecule has 9 nitrogen and oxygen atoms in total. The lowest BCUT2D eigenvalue weighted by molar-refractivity contribution is -0.120. The van der Waals surface area contributed by atoms with Crippen LogP contribution in [0.15, 0.2) is 48.5 Å². The fourth-order valence-electron chi connectivity index (χ4n) is 3.45. The first-order chi connectivity index (χ1) is 15.8. The maximum absolute atomic E-state index is 12.8. The number of nitrogens with one attached hydrogen (secondary N) is 3. The quantitative estimate of drug-likeness (QED) is 0.470. The molecular formula is C23H26ClN5O4. The van der Waals surface area contributed by atoms with Gasteiger partial charge in [0.1, 0.15) is 6.04 Å². The van der Waals surface area contributed by atoms with E-state index in [1.807, 2.05) is 0 Å². The van der Waals surface area contributed by atoms with Crippen molar-refractivity contribution in [2.75, 3.05) is 22.1 Å². The molecule has 0 unspecified atom stereocenters. The van der Waals surface area contributed by atoms with E-state index in [0.717, 1.165) is 18.5 Å². The van der Waals surface area contributed by atoms with Crippen molar-refractivity contribution in [2.45, 2.75) is 38.1 Å². The molecule has 1 aliphatic heterocycles. The zero-order chi connectivity index (χ0) is 23.8. The Morgan fingerprint density at radius 3 is 2.24 bits per heavy atom. The highest BCUT2D eigenvalue weighted by Gasteiger charge is 2.23. The molecule has 1 heterocycles. The highest BCUT2D eigenvalue weighted by atomic mass is 35.5. The van der Waals surface area contributed by atoms with Gasteiger partial charge in [-0.1, -0.05) is 11.6 Å². The van der Waals surface area contributed by atoms with Gasteiger partial charge in [-0.3, -0.25) is 14.4 Å². The number of piperidine rings is 1. The van der Waals surface area contributed by atoms with Crippen LogP contribution in [0, 0.1) is 0 Å². The minimum atomic E-state index is -0.992. The van der Waals surface area contributed by atoms with E-state index in [1.54, 1.807) is 53.4 Å². The van der Waals surface area contributed by atoms with E-state index in [9.17, 15) is 19.2 Å². The maximum Gasteiger partial charge on any atom is 0.319 e. The average molecular weight is 472 g/mol. The minimum Gasteiger partial charge on any atom is -0.370 e. The summed E-state index contributed by atoms with van der Waals surface area (Å²) in [5.74, 6) is -0.993. The van der Waals surface area contributed by atoms with Crippen LogP contribution in [0.2, 0.25) is 5.02 Å². The minimum absolute atomic E-state index is 0.0373. The Morgan fingerprint density at radius 2 is 1.61 bits per heavy atom. The van der Waals surface area contributed by atoms with Gasteiger partial charge in [0.05, 0.1) is 0 Å². The molecule has 1 fully saturated rings. The van der Waals surface area contributed by atoms with E-state index in [0.29, 0.717) is 29.4 Å². The van der Waals surface area contributed by atoms with Gasteiger partial charge in [0.25, 0.3) is 0 Å². The zero-order valence-electron chi connectivity index (χ0n) is 18.0. The highest BCUT2D eigenvalue weighted by molar-refractivity contribution is 6.30. The van der Waals surface area contributed by atoms with Crippen molar-refractivity contribution in [3.05, 3.63) is 53.6 Å². The van der Waals surface area contributed by atoms with Crippen molar-refractivity contribution in [3.8, 4) is 0 Å². The normalized spacial score (nSPS) is 14.3. The number of primary amides is 1. The Morgan fingerprint density at radius 1 is 0.970 bits per heavy atom. The summed E-state index contributed by atoms with van der Waals surface area (Å²) in [6.07, 6.45) is 2.35. The van der Waals surface area contributed by atoms with Gasteiger partial charge < -0.3 is 26.6 Å². The molecular weight excluding hydrogens is 446 g/mol. The van der Waals surface area contributed by atoms with Crippen molar-refractivity contribution < 1.29 is 19.2 Å². The third-order valence-electron chi connectivity index (χ3n) is 5.17. The van der Waals surface area contributed by atoms with Gasteiger partial charge in [-0.2, -0.15) is 0 Å². The van der Waals surface area contributed by atoms with Crippen molar-refractivity contribution in [3.63, 3.8) is 0 Å². The van der Waals surface area contributed by atoms with Gasteiger partial charge in [-0.05, 0) is 67.8 Å². The lowest BCUT2D eigenvalue weighted by Crippen LogP contribution is -2.46. The Kier molecular flexibility index (Phi) is 8.26. The summed E-state index contributed by atoms with van der Waals surface area (Å²) in [6, 6.07) is 11.8. The van der Waals surface area contributed by atoms with E-state index in [4.69, 9.17) is 17.3 Å². The first kappa shape index (κ1) is 24.1. The standard InChI is InChI=1S/C23H26ClN5O4/c24-15-4-6-17(7-5-15)27-23(33)28-19(12-13-20(25)30)22(32)26-16-8-10-18(11-9-16)29-14-2-1-3-21(29)31/h4-11,19H,1-3,12-14H2,(H2,25,30)(H,26,32)(H2,27,28,33)/t19-/m0/s1. The number of amides is 5. The smallest absolute Gasteiger partial charge is 0.319 e. The molecule has 174 valence electrons. The third kappa shape index (κ3) is 7.21. The predicted octanol–water partition coefficient (Wildman–Crippen LogP) is 3.25. The van der Waals surface area contributed by atoms with Crippen LogP contribution in [0.5, 0.6) is 0 Å². The Hall–Kier alpha value is -3.59. The van der Waals surface area contributed by atoms with Crippen LogP contribution in [-0.2, 0) is 14.4 Å². The Labute approximate surface area is 196 Å². The monoisotopic (exact) mass is 471 g/mol. The number of anilines is 3. The second kappa shape index (κ2) is 11.3. The molecule has 0 radical (unpaired) electrons. The fraction of sp³-hybridized carbons (Fsp3) is 0.304. The van der Waals surface area contributed by atoms with Crippen LogP contribution in [0.25, 0.3) is 0 Å². The number of hydrogen-bond donors (Lipinski definition) is 4. The number of nitrogens with two attached hydrogens (primary N) is 1. The topological polar surface area (TPSA) is 134 Å². The fourth-order valence-corrected chi connectivity index (χ4v) is 3.57. The van der Waals surface area contributed by atoms with E-state index >= 15 is 0 Å². The summed E-state index contributed by atoms with van der Waals surface area (Å²) in [6.45, 7) is 0.673. The van der Waals surface area contributed by atoms with Crippen LogP contribution >= 0.6 is 11.6 Å². The molecule has 5 N–H and O–H groups in total. The van der Waals surface area contributed by atoms with Crippen molar-refractivity contribution in [1.29, 1.82) is 0 Å². The molecule has 33 heavy (non-hydrogen) atoms. The summed E-state index contributed by atoms with van der Waals surface area (Å²) in [7, 11) is 0. The van der Waals surface area contributed by atoms with E-state index < -0.39 is 23.9 Å². The van der Waals surface area contributed by atoms with Crippen molar-refractivity contribution in [1.82, 2.24) is 5.32 Å². The van der Waals surface area contributed by atoms with Crippen molar-refractivity contribution in [2.24, 2.45) is 5.73 Å². The first-order valence-corrected chi connectivity index (χ1v) is 11.0. The number of urea groups is 1. The van der Waals surface area contributed by atoms with Crippen LogP contribution in [0.4, 0.5) is 21.9 Å². The number of carbonyl (C=O) groups excluding carboxylic acids is 4. The SMILES string of the molecule is NC(=O)CC[C@H](NC(=O)Nc1ccc(Cl)cc1)C(=O)Nc1ccc(N2CCCCC2=O)cc1. The second-order valence-electron chi connectivity index (χ2n) is 7.70. The average Bonchev–Trinajstić information content (AvgIpc) is 2.79. The summed E-state index contributed by atoms with van der Waals surface area (Å²) in [4.78, 5) is 50.2. The van der Waals surface area contributed by atoms with Crippen LogP contribution in [0.1, 0.15) is 32.1 Å². The second-order valence-corrected chi connectivity index (χ2v) is 8.14. The van der Waals surface area contributed by atoms with Gasteiger partial charge in [0.15, 0.2) is 0 Å². The van der Waals surface area contributed by atoms with Crippen LogP contribution in [0.3, 0.4) is 0 Å². The molecule has 0 saturated carbocycles. The molecule has 2 aromatic rings. The number of halogens is 1. The summed E-state index contributed by atoms with van der Waals surface area (Å²) < 4.78 is 0. The molecule has 1 saturated heterocycles. The molecule has 0 bridgehead atoms. The summed E-state index contributed by atoms with van der Waals surface area (Å²) in [5.41, 5.74) is 6.98. The molecule has 3 rings (SSSR count). The lowest BCUT2D eigenvalue weighted by Gasteiger charge is -2.27. The summed E-state index contributed by atoms with van der Waals surface area (Å²) in [5, 5.41) is 8.43. The maximum atomic E-state index is 12.8. The predicted molar refractivity (Wildman–Crippen MR) is 127 cm³/mol. The Bertz CT molecular complexity index is 1010. The number of nitrogens with zero attached hydrogens (tertiary/aromatic N) is 1. The summed E-state index contributed by atoms with van der Waals surface area (Å²) >= 11 is 5.84. The molecule has 2 aromatic carbocycles. The molecule has 0 spiro atoms. The molecule has 10 heteroatoms. The van der Waals surface area contributed by atoms with Crippen molar-refractivity contribution >= 4 is 52.4 Å². The molecule has 0 aliphatic carbocycles. The molecule has 1 aliphatic rings. The van der Waals surface area contributed by atoms with Crippen LogP contribution < -0.4 is 26.6 Å². The van der Waals surface area contributed by atoms with Gasteiger partial charge in [0, 0.05) is 41.5 Å². The van der Waals surface area contributed by atoms with Gasteiger partial charge >= 0.3 is 6.03 Å². The zero-order valence-corrected chi connectivity index (χ0v) is 18.7. The van der Waals surface area contributed by atoms with Gasteiger partial charge in [-0.15, -0.1) is 0 Å². The molecule has 0 aromatic heterocycles. The largest absolute Gasteiger partial charge is 0.370 e. The van der Waals surface area contributed by atoms with Crippen LogP contribution in [-0.4, -0.2) is 36.3 Å². The van der Waals surface area contributed by atoms with E-state index in [1.165, 1.54) is 0 Å².